The molecule has 0 aromatic heterocycles. The summed E-state index contributed by atoms with van der Waals surface area (Å²) in [6, 6.07) is 6.61. The minimum atomic E-state index is -0.614. The fourth-order valence-corrected chi connectivity index (χ4v) is 3.45. The van der Waals surface area contributed by atoms with Gasteiger partial charge in [-0.15, -0.1) is 0 Å². The lowest BCUT2D eigenvalue weighted by atomic mass is 9.91. The molecule has 0 aliphatic carbocycles. The van der Waals surface area contributed by atoms with Crippen LogP contribution in [-0.4, -0.2) is 25.2 Å². The van der Waals surface area contributed by atoms with E-state index in [1.807, 2.05) is 38.1 Å². The lowest BCUT2D eigenvalue weighted by Gasteiger charge is -2.31. The Hall–Kier alpha value is -2.50. The minimum absolute atomic E-state index is 0.0328. The Morgan fingerprint density at radius 3 is 2.52 bits per heavy atom. The van der Waals surface area contributed by atoms with Crippen molar-refractivity contribution in [3.05, 3.63) is 41.1 Å². The van der Waals surface area contributed by atoms with Crippen LogP contribution >= 0.6 is 0 Å². The fourth-order valence-electron chi connectivity index (χ4n) is 3.45. The lowest BCUT2D eigenvalue weighted by molar-refractivity contribution is -0.139. The van der Waals surface area contributed by atoms with E-state index in [9.17, 15) is 9.59 Å². The van der Waals surface area contributed by atoms with Crippen LogP contribution in [0.3, 0.4) is 0 Å². The van der Waals surface area contributed by atoms with Crippen molar-refractivity contribution in [2.75, 3.05) is 13.2 Å². The molecule has 2 amide bonds. The first-order valence-electron chi connectivity index (χ1n) is 10.7. The largest absolute Gasteiger partial charge is 0.493 e. The lowest BCUT2D eigenvalue weighted by Crippen LogP contribution is -2.47. The van der Waals surface area contributed by atoms with Crippen LogP contribution in [0.25, 0.3) is 0 Å². The van der Waals surface area contributed by atoms with Gasteiger partial charge in [-0.1, -0.05) is 64.7 Å². The third-order valence-corrected chi connectivity index (χ3v) is 4.91. The summed E-state index contributed by atoms with van der Waals surface area (Å²) in [7, 11) is 0. The molecule has 1 aromatic carbocycles. The number of allylic oxidation sites excluding steroid dienone is 1. The molecule has 160 valence electrons. The minimum Gasteiger partial charge on any atom is -0.493 e. The van der Waals surface area contributed by atoms with E-state index in [1.54, 1.807) is 6.92 Å². The number of ether oxygens (including phenoxy) is 2. The van der Waals surface area contributed by atoms with Gasteiger partial charge in [-0.2, -0.15) is 0 Å². The van der Waals surface area contributed by atoms with Crippen molar-refractivity contribution in [2.24, 2.45) is 5.92 Å². The highest BCUT2D eigenvalue weighted by Gasteiger charge is 2.36. The van der Waals surface area contributed by atoms with Gasteiger partial charge in [0.2, 0.25) is 0 Å². The molecule has 0 saturated carbocycles. The molecule has 1 aliphatic rings. The summed E-state index contributed by atoms with van der Waals surface area (Å²) in [5.41, 5.74) is 1.78. The van der Waals surface area contributed by atoms with E-state index in [1.165, 1.54) is 19.3 Å². The van der Waals surface area contributed by atoms with Crippen molar-refractivity contribution >= 4 is 12.0 Å². The predicted octanol–water partition coefficient (Wildman–Crippen LogP) is 4.86. The molecule has 1 heterocycles. The Morgan fingerprint density at radius 2 is 1.83 bits per heavy atom. The number of nitrogens with one attached hydrogen (secondary N) is 2. The summed E-state index contributed by atoms with van der Waals surface area (Å²) in [4.78, 5) is 25.1. The summed E-state index contributed by atoms with van der Waals surface area (Å²) >= 11 is 0. The van der Waals surface area contributed by atoms with Crippen LogP contribution in [0.15, 0.2) is 35.5 Å². The average Bonchev–Trinajstić information content (AvgIpc) is 2.70. The van der Waals surface area contributed by atoms with E-state index in [4.69, 9.17) is 9.47 Å². The number of carbonyl (C=O) groups excluding carboxylic acids is 2. The maximum atomic E-state index is 12.8. The Labute approximate surface area is 174 Å². The number of hydrogen-bond donors (Lipinski definition) is 2. The molecule has 0 bridgehead atoms. The molecule has 29 heavy (non-hydrogen) atoms. The third kappa shape index (κ3) is 6.24. The standard InChI is InChI=1S/C23H34N2O4/c1-5-7-8-9-12-15-29-18-14-11-10-13-17(18)21-19(22(26)28-6-2)20(16(3)4)24-23(27)25-21/h10-11,13-14,16,21H,5-9,12,15H2,1-4H3,(H2,24,25,27). The van der Waals surface area contributed by atoms with Crippen molar-refractivity contribution < 1.29 is 19.1 Å². The molecule has 0 spiro atoms. The fraction of sp³-hybridized carbons (Fsp3) is 0.565. The van der Waals surface area contributed by atoms with Gasteiger partial charge >= 0.3 is 12.0 Å². The molecule has 2 rings (SSSR count). The SMILES string of the molecule is CCCCCCCOc1ccccc1C1NC(=O)NC(C(C)C)=C1C(=O)OCC. The Bertz CT molecular complexity index is 727. The summed E-state index contributed by atoms with van der Waals surface area (Å²) in [5.74, 6) is 0.220. The number of benzene rings is 1. The van der Waals surface area contributed by atoms with Crippen LogP contribution in [0.4, 0.5) is 4.79 Å². The van der Waals surface area contributed by atoms with E-state index in [2.05, 4.69) is 17.6 Å². The van der Waals surface area contributed by atoms with Gasteiger partial charge in [-0.25, -0.2) is 9.59 Å². The molecular weight excluding hydrogens is 368 g/mol. The van der Waals surface area contributed by atoms with Crippen LogP contribution in [-0.2, 0) is 9.53 Å². The Morgan fingerprint density at radius 1 is 1.10 bits per heavy atom. The molecular formula is C23H34N2O4. The van der Waals surface area contributed by atoms with Crippen LogP contribution < -0.4 is 15.4 Å². The second kappa shape index (κ2) is 11.5. The zero-order valence-electron chi connectivity index (χ0n) is 18.0. The normalized spacial score (nSPS) is 16.4. The van der Waals surface area contributed by atoms with Gasteiger partial charge in [-0.3, -0.25) is 0 Å². The molecule has 0 radical (unpaired) electrons. The van der Waals surface area contributed by atoms with Gasteiger partial charge in [0, 0.05) is 11.3 Å². The Balaban J connectivity index is 2.29. The topological polar surface area (TPSA) is 76.7 Å². The number of urea groups is 1. The number of rotatable bonds is 11. The van der Waals surface area contributed by atoms with Crippen molar-refractivity contribution in [3.8, 4) is 5.75 Å². The summed E-state index contributed by atoms with van der Waals surface area (Å²) in [6.45, 7) is 8.72. The second-order valence-corrected chi connectivity index (χ2v) is 7.53. The van der Waals surface area contributed by atoms with E-state index >= 15 is 0 Å². The maximum absolute atomic E-state index is 12.8. The molecule has 6 nitrogen and oxygen atoms in total. The summed E-state index contributed by atoms with van der Waals surface area (Å²) in [5, 5.41) is 5.66. The van der Waals surface area contributed by atoms with E-state index in [0.29, 0.717) is 23.6 Å². The number of esters is 1. The van der Waals surface area contributed by atoms with Crippen LogP contribution in [0.5, 0.6) is 5.75 Å². The van der Waals surface area contributed by atoms with Gasteiger partial charge in [0.1, 0.15) is 5.75 Å². The smallest absolute Gasteiger partial charge is 0.338 e. The van der Waals surface area contributed by atoms with Gasteiger partial charge in [0.15, 0.2) is 0 Å². The van der Waals surface area contributed by atoms with Crippen LogP contribution in [0, 0.1) is 5.92 Å². The van der Waals surface area contributed by atoms with Gasteiger partial charge in [-0.05, 0) is 25.3 Å². The van der Waals surface area contributed by atoms with Crippen LogP contribution in [0.2, 0.25) is 0 Å². The van der Waals surface area contributed by atoms with E-state index < -0.39 is 12.0 Å². The number of carbonyl (C=O) groups is 2. The first-order chi connectivity index (χ1) is 14.0. The molecule has 1 unspecified atom stereocenters. The highest BCUT2D eigenvalue weighted by molar-refractivity contribution is 5.95. The van der Waals surface area contributed by atoms with Gasteiger partial charge < -0.3 is 20.1 Å². The molecule has 1 aromatic rings. The molecule has 2 N–H and O–H groups in total. The first kappa shape index (κ1) is 22.8. The average molecular weight is 403 g/mol. The highest BCUT2D eigenvalue weighted by atomic mass is 16.5. The molecule has 1 atom stereocenters. The first-order valence-corrected chi connectivity index (χ1v) is 10.7. The van der Waals surface area contributed by atoms with E-state index in [0.717, 1.165) is 18.4 Å². The molecule has 6 heteroatoms. The van der Waals surface area contributed by atoms with Gasteiger partial charge in [0.05, 0.1) is 24.8 Å². The number of amides is 2. The monoisotopic (exact) mass is 402 g/mol. The number of unbranched alkanes of at least 4 members (excludes halogenated alkanes) is 4. The van der Waals surface area contributed by atoms with Crippen molar-refractivity contribution in [3.63, 3.8) is 0 Å². The number of hydrogen-bond acceptors (Lipinski definition) is 4. The molecule has 1 aliphatic heterocycles. The zero-order chi connectivity index (χ0) is 21.2. The zero-order valence-corrected chi connectivity index (χ0v) is 18.0. The summed E-state index contributed by atoms with van der Waals surface area (Å²) in [6.07, 6.45) is 5.76. The second-order valence-electron chi connectivity index (χ2n) is 7.53. The summed E-state index contributed by atoms with van der Waals surface area (Å²) < 4.78 is 11.3. The van der Waals surface area contributed by atoms with Crippen LogP contribution in [0.1, 0.15) is 71.4 Å². The molecule has 0 saturated heterocycles. The highest BCUT2D eigenvalue weighted by Crippen LogP contribution is 2.35. The van der Waals surface area contributed by atoms with Gasteiger partial charge in [0.25, 0.3) is 0 Å². The predicted molar refractivity (Wildman–Crippen MR) is 114 cm³/mol. The van der Waals surface area contributed by atoms with E-state index in [-0.39, 0.29) is 18.6 Å². The van der Waals surface area contributed by atoms with Crippen molar-refractivity contribution in [2.45, 2.75) is 65.8 Å². The van der Waals surface area contributed by atoms with Crippen molar-refractivity contribution in [1.29, 1.82) is 0 Å². The molecule has 0 fully saturated rings. The third-order valence-electron chi connectivity index (χ3n) is 4.91. The Kier molecular flexibility index (Phi) is 9.03. The maximum Gasteiger partial charge on any atom is 0.338 e. The van der Waals surface area contributed by atoms with Crippen molar-refractivity contribution in [1.82, 2.24) is 10.6 Å². The quantitative estimate of drug-likeness (QED) is 0.409. The number of para-hydroxylation sites is 1.